The molecule has 2 aliphatic rings. The summed E-state index contributed by atoms with van der Waals surface area (Å²) >= 11 is 0. The lowest BCUT2D eigenvalue weighted by Crippen LogP contribution is -2.47. The molecule has 0 unspecified atom stereocenters. The maximum Gasteiger partial charge on any atom is 0.254 e. The van der Waals surface area contributed by atoms with Crippen LogP contribution < -0.4 is 5.73 Å². The third-order valence-corrected chi connectivity index (χ3v) is 4.81. The number of aromatic nitrogens is 4. The number of imidazole rings is 1. The minimum atomic E-state index is -1.32. The molecule has 1 amide bonds. The Morgan fingerprint density at radius 1 is 1.16 bits per heavy atom. The molecule has 2 aliphatic heterocycles. The lowest BCUT2D eigenvalue weighted by atomic mass is 10.1. The smallest absolute Gasteiger partial charge is 0.254 e. The Morgan fingerprint density at radius 3 is 2.68 bits per heavy atom. The van der Waals surface area contributed by atoms with E-state index in [1.165, 1.54) is 17.2 Å². The minimum absolute atomic E-state index is 0.206. The Bertz CT molecular complexity index is 789. The molecule has 25 heavy (non-hydrogen) atoms. The molecule has 0 bridgehead atoms. The van der Waals surface area contributed by atoms with Crippen LogP contribution in [0.15, 0.2) is 12.7 Å². The third-order valence-electron chi connectivity index (χ3n) is 4.81. The van der Waals surface area contributed by atoms with Crippen LogP contribution in [-0.4, -0.2) is 71.9 Å². The number of carbonyl (C=O) groups excluding carboxylic acids is 1. The first-order valence-electron chi connectivity index (χ1n) is 8.31. The molecule has 0 aliphatic carbocycles. The van der Waals surface area contributed by atoms with E-state index in [2.05, 4.69) is 15.0 Å². The Morgan fingerprint density at radius 2 is 1.92 bits per heavy atom. The molecule has 4 atom stereocenters. The number of likely N-dealkylation sites (tertiary alicyclic amines) is 1. The van der Waals surface area contributed by atoms with Gasteiger partial charge in [0.15, 0.2) is 23.8 Å². The molecule has 4 heterocycles. The number of hydrogen-bond acceptors (Lipinski definition) is 8. The van der Waals surface area contributed by atoms with Crippen molar-refractivity contribution in [1.82, 2.24) is 24.4 Å². The summed E-state index contributed by atoms with van der Waals surface area (Å²) in [6.45, 7) is 1.29. The fraction of sp³-hybridized carbons (Fsp3) is 0.600. The summed E-state index contributed by atoms with van der Waals surface area (Å²) in [5.41, 5.74) is 6.51. The molecule has 10 nitrogen and oxygen atoms in total. The number of nitrogen functional groups attached to an aromatic ring is 1. The standard InChI is InChI=1S/C15H20N6O4/c16-12-8-13(18-6-17-12)21(7-19-8)15-10(23)9(22)11(25-15)14(24)20-4-2-1-3-5-20/h6-7,9-11,15,22-23H,1-5H2,(H2,16,17,18)/t9-,10+,11-,15+/m0/s1. The van der Waals surface area contributed by atoms with Crippen molar-refractivity contribution in [2.45, 2.75) is 43.8 Å². The molecule has 134 valence electrons. The summed E-state index contributed by atoms with van der Waals surface area (Å²) in [4.78, 5) is 26.4. The highest BCUT2D eigenvalue weighted by molar-refractivity contribution is 5.83. The molecule has 2 aromatic rings. The molecular weight excluding hydrogens is 328 g/mol. The average molecular weight is 348 g/mol. The Hall–Kier alpha value is -2.30. The minimum Gasteiger partial charge on any atom is -0.387 e. The molecule has 0 radical (unpaired) electrons. The van der Waals surface area contributed by atoms with Crippen LogP contribution in [0.1, 0.15) is 25.5 Å². The Balaban J connectivity index is 1.61. The molecule has 0 saturated carbocycles. The van der Waals surface area contributed by atoms with E-state index in [9.17, 15) is 15.0 Å². The SMILES string of the molecule is Nc1ncnc2c1ncn2[C@@H]1O[C@H](C(=O)N2CCCCC2)[C@@H](O)[C@H]1O. The Labute approximate surface area is 143 Å². The monoisotopic (exact) mass is 348 g/mol. The Kier molecular flexibility index (Phi) is 4.02. The second kappa shape index (κ2) is 6.21. The second-order valence-electron chi connectivity index (χ2n) is 6.40. The number of amides is 1. The zero-order chi connectivity index (χ0) is 17.6. The van der Waals surface area contributed by atoms with E-state index < -0.39 is 24.5 Å². The van der Waals surface area contributed by atoms with Crippen LogP contribution in [0.3, 0.4) is 0 Å². The van der Waals surface area contributed by atoms with Gasteiger partial charge in [0.05, 0.1) is 6.33 Å². The highest BCUT2D eigenvalue weighted by Gasteiger charge is 2.49. The molecule has 0 spiro atoms. The molecule has 2 aromatic heterocycles. The van der Waals surface area contributed by atoms with Crippen LogP contribution in [0.4, 0.5) is 5.82 Å². The average Bonchev–Trinajstić information content (AvgIpc) is 3.18. The zero-order valence-electron chi connectivity index (χ0n) is 13.5. The van der Waals surface area contributed by atoms with Gasteiger partial charge < -0.3 is 25.6 Å². The third kappa shape index (κ3) is 2.62. The van der Waals surface area contributed by atoms with Crippen molar-refractivity contribution in [1.29, 1.82) is 0 Å². The molecule has 0 aromatic carbocycles. The van der Waals surface area contributed by atoms with Gasteiger partial charge in [-0.15, -0.1) is 0 Å². The van der Waals surface area contributed by atoms with Gasteiger partial charge >= 0.3 is 0 Å². The second-order valence-corrected chi connectivity index (χ2v) is 6.40. The lowest BCUT2D eigenvalue weighted by Gasteiger charge is -2.29. The van der Waals surface area contributed by atoms with Crippen molar-refractivity contribution in [3.63, 3.8) is 0 Å². The number of rotatable bonds is 2. The number of fused-ring (bicyclic) bond motifs is 1. The molecule has 10 heteroatoms. The number of anilines is 1. The predicted octanol–water partition coefficient (Wildman–Crippen LogP) is -0.960. The maximum absolute atomic E-state index is 12.6. The number of carbonyl (C=O) groups is 1. The van der Waals surface area contributed by atoms with Crippen molar-refractivity contribution in [2.75, 3.05) is 18.8 Å². The predicted molar refractivity (Wildman–Crippen MR) is 86.1 cm³/mol. The molecule has 2 fully saturated rings. The number of piperidine rings is 1. The molecule has 4 rings (SSSR count). The highest BCUT2D eigenvalue weighted by Crippen LogP contribution is 2.33. The topological polar surface area (TPSA) is 140 Å². The van der Waals surface area contributed by atoms with E-state index >= 15 is 0 Å². The number of ether oxygens (including phenoxy) is 1. The van der Waals surface area contributed by atoms with Gasteiger partial charge in [0.25, 0.3) is 5.91 Å². The summed E-state index contributed by atoms with van der Waals surface area (Å²) in [5.74, 6) is -0.0926. The van der Waals surface area contributed by atoms with Crippen LogP contribution >= 0.6 is 0 Å². The van der Waals surface area contributed by atoms with E-state index in [1.54, 1.807) is 4.90 Å². The first-order valence-corrected chi connectivity index (χ1v) is 8.31. The highest BCUT2D eigenvalue weighted by atomic mass is 16.6. The van der Waals surface area contributed by atoms with Crippen molar-refractivity contribution in [3.8, 4) is 0 Å². The molecule has 4 N–H and O–H groups in total. The largest absolute Gasteiger partial charge is 0.387 e. The summed E-state index contributed by atoms with van der Waals surface area (Å²) < 4.78 is 7.19. The van der Waals surface area contributed by atoms with Gasteiger partial charge in [0.1, 0.15) is 24.1 Å². The van der Waals surface area contributed by atoms with E-state index in [1.807, 2.05) is 0 Å². The molecule has 2 saturated heterocycles. The van der Waals surface area contributed by atoms with Crippen LogP contribution in [0.2, 0.25) is 0 Å². The summed E-state index contributed by atoms with van der Waals surface area (Å²) in [6.07, 6.45) is 0.941. The van der Waals surface area contributed by atoms with E-state index in [0.717, 1.165) is 19.3 Å². The lowest BCUT2D eigenvalue weighted by molar-refractivity contribution is -0.149. The van der Waals surface area contributed by atoms with Crippen molar-refractivity contribution < 1.29 is 19.7 Å². The van der Waals surface area contributed by atoms with Crippen LogP contribution in [0, 0.1) is 0 Å². The number of nitrogens with two attached hydrogens (primary N) is 1. The van der Waals surface area contributed by atoms with Crippen LogP contribution in [0.25, 0.3) is 11.2 Å². The van der Waals surface area contributed by atoms with Gasteiger partial charge in [-0.3, -0.25) is 9.36 Å². The number of hydrogen-bond donors (Lipinski definition) is 3. The van der Waals surface area contributed by atoms with E-state index in [0.29, 0.717) is 24.3 Å². The fourth-order valence-corrected chi connectivity index (χ4v) is 3.44. The normalized spacial score (nSPS) is 30.1. The van der Waals surface area contributed by atoms with Gasteiger partial charge in [0, 0.05) is 13.1 Å². The van der Waals surface area contributed by atoms with Crippen LogP contribution in [-0.2, 0) is 9.53 Å². The fourth-order valence-electron chi connectivity index (χ4n) is 3.44. The first-order chi connectivity index (χ1) is 12.1. The van der Waals surface area contributed by atoms with Gasteiger partial charge in [0.2, 0.25) is 0 Å². The maximum atomic E-state index is 12.6. The van der Waals surface area contributed by atoms with Crippen molar-refractivity contribution >= 4 is 22.9 Å². The number of aliphatic hydroxyl groups is 2. The van der Waals surface area contributed by atoms with E-state index in [-0.39, 0.29) is 11.7 Å². The zero-order valence-corrected chi connectivity index (χ0v) is 13.5. The van der Waals surface area contributed by atoms with Crippen molar-refractivity contribution in [3.05, 3.63) is 12.7 Å². The number of aliphatic hydroxyl groups excluding tert-OH is 2. The van der Waals surface area contributed by atoms with Gasteiger partial charge in [-0.1, -0.05) is 0 Å². The number of nitrogens with zero attached hydrogens (tertiary/aromatic N) is 5. The molecular formula is C15H20N6O4. The van der Waals surface area contributed by atoms with E-state index in [4.69, 9.17) is 10.5 Å². The van der Waals surface area contributed by atoms with Gasteiger partial charge in [-0.25, -0.2) is 15.0 Å². The van der Waals surface area contributed by atoms with Crippen molar-refractivity contribution in [2.24, 2.45) is 0 Å². The first kappa shape index (κ1) is 16.2. The van der Waals surface area contributed by atoms with Gasteiger partial charge in [-0.05, 0) is 19.3 Å². The van der Waals surface area contributed by atoms with Gasteiger partial charge in [-0.2, -0.15) is 0 Å². The quantitative estimate of drug-likeness (QED) is 0.630. The summed E-state index contributed by atoms with van der Waals surface area (Å²) in [7, 11) is 0. The van der Waals surface area contributed by atoms with Crippen LogP contribution in [0.5, 0.6) is 0 Å². The summed E-state index contributed by atoms with van der Waals surface area (Å²) in [6, 6.07) is 0. The summed E-state index contributed by atoms with van der Waals surface area (Å²) in [5, 5.41) is 20.7.